The van der Waals surface area contributed by atoms with Gasteiger partial charge in [-0.3, -0.25) is 4.90 Å². The van der Waals surface area contributed by atoms with Crippen LogP contribution < -0.4 is 5.32 Å². The SMILES string of the molecule is CN1CCC2(CC1)CN(Cc1ccc(Nc3ncc(F)c(-c4cc(F)c5nc6n(c5c4)C(C(F)F)CC6)n3)nc1)C2. The number of fused-ring (bicyclic) bond motifs is 3. The number of hydrogen-bond acceptors (Lipinski definition) is 7. The van der Waals surface area contributed by atoms with Crippen LogP contribution in [0.15, 0.2) is 36.7 Å². The van der Waals surface area contributed by atoms with Gasteiger partial charge in [0.15, 0.2) is 11.6 Å². The molecule has 1 unspecified atom stereocenters. The molecule has 0 aliphatic carbocycles. The minimum absolute atomic E-state index is 0.00839. The molecule has 1 N–H and O–H groups in total. The molecule has 3 aliphatic rings. The molecule has 1 atom stereocenters. The molecule has 0 saturated carbocycles. The molecular formula is C29H30F4N8. The number of aromatic nitrogens is 5. The first-order valence-electron chi connectivity index (χ1n) is 13.9. The zero-order chi connectivity index (χ0) is 28.3. The summed E-state index contributed by atoms with van der Waals surface area (Å²) in [7, 11) is 2.18. The van der Waals surface area contributed by atoms with Crippen LogP contribution in [0.3, 0.4) is 0 Å². The number of nitrogens with zero attached hydrogens (tertiary/aromatic N) is 7. The van der Waals surface area contributed by atoms with Crippen molar-refractivity contribution in [3.8, 4) is 11.3 Å². The first kappa shape index (κ1) is 26.3. The van der Waals surface area contributed by atoms with Crippen molar-refractivity contribution in [2.45, 2.75) is 44.7 Å². The summed E-state index contributed by atoms with van der Waals surface area (Å²) in [6, 6.07) is 5.29. The topological polar surface area (TPSA) is 75.0 Å². The molecule has 2 fully saturated rings. The van der Waals surface area contributed by atoms with Gasteiger partial charge in [0.25, 0.3) is 6.43 Å². The Morgan fingerprint density at radius 1 is 1.02 bits per heavy atom. The number of hydrogen-bond donors (Lipinski definition) is 1. The summed E-state index contributed by atoms with van der Waals surface area (Å²) in [5.41, 5.74) is 1.72. The zero-order valence-corrected chi connectivity index (χ0v) is 22.6. The third-order valence-electron chi connectivity index (χ3n) is 8.76. The molecule has 12 heteroatoms. The Bertz CT molecular complexity index is 1590. The normalized spacial score (nSPS) is 20.6. The molecule has 3 aliphatic heterocycles. The molecule has 6 heterocycles. The standard InChI is InChI=1S/C29H30F4N8/c1-39-8-6-29(7-9-39)15-40(16-29)14-17-2-4-23(34-12-17)36-28-35-13-20(31)25(38-28)18-10-19(30)26-22(11-18)41-21(27(32)33)3-5-24(41)37-26/h2,4,10-13,21,27H,3,5-9,14-16H2,1H3,(H,34,35,36,38). The first-order valence-corrected chi connectivity index (χ1v) is 13.9. The van der Waals surface area contributed by atoms with E-state index in [9.17, 15) is 13.2 Å². The van der Waals surface area contributed by atoms with Crippen molar-refractivity contribution in [2.75, 3.05) is 38.5 Å². The number of piperidine rings is 1. The third kappa shape index (κ3) is 4.82. The van der Waals surface area contributed by atoms with Gasteiger partial charge in [0.2, 0.25) is 5.95 Å². The maximum absolute atomic E-state index is 15.0. The quantitative estimate of drug-likeness (QED) is 0.322. The lowest BCUT2D eigenvalue weighted by Crippen LogP contribution is -2.59. The summed E-state index contributed by atoms with van der Waals surface area (Å²) in [6.45, 7) is 5.39. The van der Waals surface area contributed by atoms with Gasteiger partial charge < -0.3 is 14.8 Å². The van der Waals surface area contributed by atoms with Crippen molar-refractivity contribution in [2.24, 2.45) is 5.41 Å². The molecule has 7 rings (SSSR count). The summed E-state index contributed by atoms with van der Waals surface area (Å²) >= 11 is 0. The van der Waals surface area contributed by atoms with Crippen molar-refractivity contribution in [3.05, 3.63) is 59.7 Å². The van der Waals surface area contributed by atoms with Crippen molar-refractivity contribution in [1.82, 2.24) is 34.3 Å². The molecular weight excluding hydrogens is 536 g/mol. The smallest absolute Gasteiger partial charge is 0.259 e. The highest BCUT2D eigenvalue weighted by molar-refractivity contribution is 5.83. The zero-order valence-electron chi connectivity index (χ0n) is 22.6. The van der Waals surface area contributed by atoms with E-state index < -0.39 is 24.1 Å². The Hall–Kier alpha value is -3.64. The number of likely N-dealkylation sites (tertiary alicyclic amines) is 2. The molecule has 2 saturated heterocycles. The molecule has 3 aromatic heterocycles. The lowest BCUT2D eigenvalue weighted by molar-refractivity contribution is -0.0471. The number of nitrogens with one attached hydrogen (secondary N) is 1. The number of halogens is 4. The number of benzene rings is 1. The molecule has 1 aromatic carbocycles. The van der Waals surface area contributed by atoms with E-state index in [2.05, 4.69) is 42.1 Å². The Balaban J connectivity index is 1.07. The van der Waals surface area contributed by atoms with E-state index in [4.69, 9.17) is 0 Å². The van der Waals surface area contributed by atoms with E-state index in [1.165, 1.54) is 23.5 Å². The van der Waals surface area contributed by atoms with Crippen LogP contribution in [-0.2, 0) is 13.0 Å². The number of anilines is 2. The van der Waals surface area contributed by atoms with E-state index in [0.717, 1.165) is 50.6 Å². The van der Waals surface area contributed by atoms with Crippen LogP contribution in [0.25, 0.3) is 22.3 Å². The first-order chi connectivity index (χ1) is 19.8. The Morgan fingerprint density at radius 2 is 1.83 bits per heavy atom. The van der Waals surface area contributed by atoms with Crippen LogP contribution in [0.5, 0.6) is 0 Å². The van der Waals surface area contributed by atoms with E-state index in [1.807, 2.05) is 12.1 Å². The third-order valence-corrected chi connectivity index (χ3v) is 8.76. The van der Waals surface area contributed by atoms with Crippen LogP contribution in [0.4, 0.5) is 29.3 Å². The fourth-order valence-electron chi connectivity index (χ4n) is 6.55. The lowest BCUT2D eigenvalue weighted by Gasteiger charge is -2.54. The van der Waals surface area contributed by atoms with Gasteiger partial charge in [-0.25, -0.2) is 37.5 Å². The molecule has 0 bridgehead atoms. The van der Waals surface area contributed by atoms with Crippen LogP contribution in [-0.4, -0.2) is 74.0 Å². The van der Waals surface area contributed by atoms with Crippen molar-refractivity contribution < 1.29 is 17.6 Å². The van der Waals surface area contributed by atoms with Gasteiger partial charge in [-0.2, -0.15) is 0 Å². The monoisotopic (exact) mass is 566 g/mol. The maximum atomic E-state index is 15.0. The second kappa shape index (κ2) is 10.0. The highest BCUT2D eigenvalue weighted by Crippen LogP contribution is 2.41. The van der Waals surface area contributed by atoms with Gasteiger partial charge in [-0.05, 0) is 68.6 Å². The van der Waals surface area contributed by atoms with Crippen LogP contribution in [0.2, 0.25) is 0 Å². The minimum Gasteiger partial charge on any atom is -0.319 e. The number of imidazole rings is 1. The Kier molecular flexibility index (Phi) is 6.42. The largest absolute Gasteiger partial charge is 0.319 e. The summed E-state index contributed by atoms with van der Waals surface area (Å²) < 4.78 is 58.5. The predicted octanol–water partition coefficient (Wildman–Crippen LogP) is 5.19. The van der Waals surface area contributed by atoms with Crippen LogP contribution in [0.1, 0.15) is 36.7 Å². The van der Waals surface area contributed by atoms with Crippen molar-refractivity contribution in [1.29, 1.82) is 0 Å². The van der Waals surface area contributed by atoms with Gasteiger partial charge in [0.1, 0.15) is 22.9 Å². The van der Waals surface area contributed by atoms with Gasteiger partial charge in [0.05, 0.1) is 17.8 Å². The molecule has 4 aromatic rings. The molecule has 41 heavy (non-hydrogen) atoms. The highest BCUT2D eigenvalue weighted by Gasteiger charge is 2.44. The molecule has 8 nitrogen and oxygen atoms in total. The van der Waals surface area contributed by atoms with Crippen molar-refractivity contribution in [3.63, 3.8) is 0 Å². The van der Waals surface area contributed by atoms with Gasteiger partial charge >= 0.3 is 0 Å². The average Bonchev–Trinajstić information content (AvgIpc) is 3.52. The van der Waals surface area contributed by atoms with E-state index in [0.29, 0.717) is 23.5 Å². The summed E-state index contributed by atoms with van der Waals surface area (Å²) in [6.07, 6.45) is 3.23. The average molecular weight is 567 g/mol. The van der Waals surface area contributed by atoms with E-state index >= 15 is 4.39 Å². The second-order valence-electron chi connectivity index (χ2n) is 11.7. The molecule has 214 valence electrons. The van der Waals surface area contributed by atoms with E-state index in [-0.39, 0.29) is 34.7 Å². The summed E-state index contributed by atoms with van der Waals surface area (Å²) in [5, 5.41) is 2.98. The molecule has 0 radical (unpaired) electrons. The van der Waals surface area contributed by atoms with Crippen LogP contribution in [0, 0.1) is 17.0 Å². The fourth-order valence-corrected chi connectivity index (χ4v) is 6.55. The van der Waals surface area contributed by atoms with Crippen molar-refractivity contribution >= 4 is 22.8 Å². The number of pyridine rings is 1. The fraction of sp³-hybridized carbons (Fsp3) is 0.448. The predicted molar refractivity (Wildman–Crippen MR) is 146 cm³/mol. The lowest BCUT2D eigenvalue weighted by atomic mass is 9.72. The second-order valence-corrected chi connectivity index (χ2v) is 11.7. The van der Waals surface area contributed by atoms with Gasteiger partial charge in [-0.1, -0.05) is 6.07 Å². The van der Waals surface area contributed by atoms with Gasteiger partial charge in [0, 0.05) is 37.8 Å². The molecule has 1 spiro atoms. The number of rotatable bonds is 6. The van der Waals surface area contributed by atoms with E-state index in [1.54, 1.807) is 6.20 Å². The number of alkyl halides is 2. The Morgan fingerprint density at radius 3 is 2.56 bits per heavy atom. The number of aryl methyl sites for hydroxylation is 1. The highest BCUT2D eigenvalue weighted by atomic mass is 19.3. The molecule has 0 amide bonds. The Labute approximate surface area is 234 Å². The summed E-state index contributed by atoms with van der Waals surface area (Å²) in [4.78, 5) is 21.8. The summed E-state index contributed by atoms with van der Waals surface area (Å²) in [5.74, 6) is -0.520. The van der Waals surface area contributed by atoms with Crippen LogP contribution >= 0.6 is 0 Å². The minimum atomic E-state index is -2.62. The van der Waals surface area contributed by atoms with Gasteiger partial charge in [-0.15, -0.1) is 0 Å². The maximum Gasteiger partial charge on any atom is 0.259 e.